The molecule has 0 bridgehead atoms. The second-order valence-electron chi connectivity index (χ2n) is 3.80. The Morgan fingerprint density at radius 1 is 1.22 bits per heavy atom. The number of hydrogen-bond acceptors (Lipinski definition) is 2. The van der Waals surface area contributed by atoms with Gasteiger partial charge in [-0.15, -0.1) is 0 Å². The molecule has 4 heteroatoms. The Morgan fingerprint density at radius 2 is 2.00 bits per heavy atom. The lowest BCUT2D eigenvalue weighted by Crippen LogP contribution is -2.01. The van der Waals surface area contributed by atoms with E-state index in [1.54, 1.807) is 37.4 Å². The van der Waals surface area contributed by atoms with Gasteiger partial charge in [0.15, 0.2) is 0 Å². The molecule has 0 aliphatic rings. The second kappa shape index (κ2) is 5.74. The predicted molar refractivity (Wildman–Crippen MR) is 71.7 cm³/mol. The molecule has 1 N–H and O–H groups in total. The standard InChI is InChI=1S/C14H13ClFNO/c1-18-14-7-6-10(8-11(14)15)9-17-13-5-3-2-4-12(13)16/h2-8,17H,9H2,1H3. The molecule has 0 unspecified atom stereocenters. The van der Waals surface area contributed by atoms with E-state index in [9.17, 15) is 4.39 Å². The minimum Gasteiger partial charge on any atom is -0.495 e. The number of hydrogen-bond donors (Lipinski definition) is 1. The Hall–Kier alpha value is -1.74. The molecule has 0 spiro atoms. The lowest BCUT2D eigenvalue weighted by atomic mass is 10.2. The molecular weight excluding hydrogens is 253 g/mol. The first kappa shape index (κ1) is 12.7. The summed E-state index contributed by atoms with van der Waals surface area (Å²) in [5.74, 6) is 0.364. The topological polar surface area (TPSA) is 21.3 Å². The molecule has 94 valence electrons. The molecule has 0 amide bonds. The summed E-state index contributed by atoms with van der Waals surface area (Å²) in [6.45, 7) is 0.505. The molecule has 0 fully saturated rings. The van der Waals surface area contributed by atoms with Crippen LogP contribution in [0.5, 0.6) is 5.75 Å². The van der Waals surface area contributed by atoms with Gasteiger partial charge in [0.1, 0.15) is 11.6 Å². The Kier molecular flexibility index (Phi) is 4.05. The van der Waals surface area contributed by atoms with Crippen molar-refractivity contribution in [2.75, 3.05) is 12.4 Å². The maximum absolute atomic E-state index is 13.4. The maximum Gasteiger partial charge on any atom is 0.146 e. The molecular formula is C14H13ClFNO. The van der Waals surface area contributed by atoms with Gasteiger partial charge >= 0.3 is 0 Å². The fourth-order valence-corrected chi connectivity index (χ4v) is 1.90. The Bertz CT molecular complexity index is 545. The first-order valence-corrected chi connectivity index (χ1v) is 5.89. The van der Waals surface area contributed by atoms with Crippen LogP contribution < -0.4 is 10.1 Å². The first-order valence-electron chi connectivity index (χ1n) is 5.51. The van der Waals surface area contributed by atoms with Gasteiger partial charge in [-0.05, 0) is 29.8 Å². The molecule has 0 saturated heterocycles. The second-order valence-corrected chi connectivity index (χ2v) is 4.21. The Morgan fingerprint density at radius 3 is 2.67 bits per heavy atom. The van der Waals surface area contributed by atoms with Crippen LogP contribution in [0.15, 0.2) is 42.5 Å². The summed E-state index contributed by atoms with van der Waals surface area (Å²) >= 11 is 6.02. The van der Waals surface area contributed by atoms with E-state index in [1.807, 2.05) is 6.07 Å². The van der Waals surface area contributed by atoms with Crippen molar-refractivity contribution < 1.29 is 9.13 Å². The number of anilines is 1. The van der Waals surface area contributed by atoms with Gasteiger partial charge in [0, 0.05) is 6.54 Å². The van der Waals surface area contributed by atoms with Gasteiger partial charge in [-0.2, -0.15) is 0 Å². The van der Waals surface area contributed by atoms with Gasteiger partial charge < -0.3 is 10.1 Å². The van der Waals surface area contributed by atoms with Crippen LogP contribution in [-0.4, -0.2) is 7.11 Å². The van der Waals surface area contributed by atoms with E-state index in [-0.39, 0.29) is 5.82 Å². The van der Waals surface area contributed by atoms with Crippen LogP contribution in [0.4, 0.5) is 10.1 Å². The number of benzene rings is 2. The zero-order chi connectivity index (χ0) is 13.0. The van der Waals surface area contributed by atoms with Crippen LogP contribution >= 0.6 is 11.6 Å². The van der Waals surface area contributed by atoms with Crippen LogP contribution in [0.1, 0.15) is 5.56 Å². The van der Waals surface area contributed by atoms with Crippen LogP contribution in [0.25, 0.3) is 0 Å². The van der Waals surface area contributed by atoms with Crippen molar-refractivity contribution >= 4 is 17.3 Å². The largest absolute Gasteiger partial charge is 0.495 e. The molecule has 18 heavy (non-hydrogen) atoms. The molecule has 0 aromatic heterocycles. The monoisotopic (exact) mass is 265 g/mol. The molecule has 0 radical (unpaired) electrons. The SMILES string of the molecule is COc1ccc(CNc2ccccc2F)cc1Cl. The highest BCUT2D eigenvalue weighted by Crippen LogP contribution is 2.25. The average Bonchev–Trinajstić information content (AvgIpc) is 2.38. The molecule has 2 nitrogen and oxygen atoms in total. The molecule has 2 aromatic carbocycles. The van der Waals surface area contributed by atoms with Crippen molar-refractivity contribution in [2.24, 2.45) is 0 Å². The third kappa shape index (κ3) is 2.93. The van der Waals surface area contributed by atoms with Gasteiger partial charge in [-0.25, -0.2) is 4.39 Å². The van der Waals surface area contributed by atoms with Crippen molar-refractivity contribution in [3.05, 3.63) is 58.9 Å². The predicted octanol–water partition coefficient (Wildman–Crippen LogP) is 4.10. The number of halogens is 2. The van der Waals surface area contributed by atoms with Crippen molar-refractivity contribution in [3.8, 4) is 5.75 Å². The van der Waals surface area contributed by atoms with Crippen molar-refractivity contribution in [1.29, 1.82) is 0 Å². The summed E-state index contributed by atoms with van der Waals surface area (Å²) in [5.41, 5.74) is 1.44. The highest BCUT2D eigenvalue weighted by Gasteiger charge is 2.03. The molecule has 2 aromatic rings. The number of nitrogens with one attached hydrogen (secondary N) is 1. The fraction of sp³-hybridized carbons (Fsp3) is 0.143. The van der Waals surface area contributed by atoms with E-state index >= 15 is 0 Å². The number of para-hydroxylation sites is 1. The summed E-state index contributed by atoms with van der Waals surface area (Å²) < 4.78 is 18.5. The molecule has 0 aliphatic carbocycles. The minimum atomic E-state index is -0.267. The maximum atomic E-state index is 13.4. The molecule has 0 atom stereocenters. The van der Waals surface area contributed by atoms with E-state index in [2.05, 4.69) is 5.32 Å². The normalized spacial score (nSPS) is 10.2. The zero-order valence-corrected chi connectivity index (χ0v) is 10.7. The quantitative estimate of drug-likeness (QED) is 0.899. The van der Waals surface area contributed by atoms with E-state index in [1.165, 1.54) is 6.07 Å². The molecule has 2 rings (SSSR count). The van der Waals surface area contributed by atoms with Crippen molar-refractivity contribution in [1.82, 2.24) is 0 Å². The number of rotatable bonds is 4. The highest BCUT2D eigenvalue weighted by atomic mass is 35.5. The van der Waals surface area contributed by atoms with Crippen LogP contribution in [0.2, 0.25) is 5.02 Å². The van der Waals surface area contributed by atoms with Crippen molar-refractivity contribution in [3.63, 3.8) is 0 Å². The van der Waals surface area contributed by atoms with Gasteiger partial charge in [0.25, 0.3) is 0 Å². The Balaban J connectivity index is 2.07. The zero-order valence-electron chi connectivity index (χ0n) is 9.91. The van der Waals surface area contributed by atoms with Gasteiger partial charge in [0.05, 0.1) is 17.8 Å². The summed E-state index contributed by atoms with van der Waals surface area (Å²) in [7, 11) is 1.57. The van der Waals surface area contributed by atoms with E-state index in [0.29, 0.717) is 23.0 Å². The molecule has 0 saturated carbocycles. The average molecular weight is 266 g/mol. The highest BCUT2D eigenvalue weighted by molar-refractivity contribution is 6.32. The first-order chi connectivity index (χ1) is 8.70. The summed E-state index contributed by atoms with van der Waals surface area (Å²) in [6, 6.07) is 12.0. The third-order valence-electron chi connectivity index (χ3n) is 2.57. The van der Waals surface area contributed by atoms with E-state index in [0.717, 1.165) is 5.56 Å². The number of ether oxygens (including phenoxy) is 1. The van der Waals surface area contributed by atoms with Crippen LogP contribution in [0, 0.1) is 5.82 Å². The third-order valence-corrected chi connectivity index (χ3v) is 2.87. The van der Waals surface area contributed by atoms with Crippen LogP contribution in [-0.2, 0) is 6.54 Å². The Labute approximate surface area is 110 Å². The lowest BCUT2D eigenvalue weighted by molar-refractivity contribution is 0.415. The molecule has 0 heterocycles. The van der Waals surface area contributed by atoms with E-state index < -0.39 is 0 Å². The summed E-state index contributed by atoms with van der Waals surface area (Å²) in [5, 5.41) is 3.57. The minimum absolute atomic E-state index is 0.267. The smallest absolute Gasteiger partial charge is 0.146 e. The van der Waals surface area contributed by atoms with Gasteiger partial charge in [0.2, 0.25) is 0 Å². The molecule has 0 aliphatic heterocycles. The van der Waals surface area contributed by atoms with Crippen molar-refractivity contribution in [2.45, 2.75) is 6.54 Å². The lowest BCUT2D eigenvalue weighted by Gasteiger charge is -2.09. The van der Waals surface area contributed by atoms with Gasteiger partial charge in [-0.3, -0.25) is 0 Å². The van der Waals surface area contributed by atoms with Gasteiger partial charge in [-0.1, -0.05) is 29.8 Å². The number of methoxy groups -OCH3 is 1. The summed E-state index contributed by atoms with van der Waals surface area (Å²) in [4.78, 5) is 0. The van der Waals surface area contributed by atoms with E-state index in [4.69, 9.17) is 16.3 Å². The summed E-state index contributed by atoms with van der Waals surface area (Å²) in [6.07, 6.45) is 0. The fourth-order valence-electron chi connectivity index (χ4n) is 1.62. The van der Waals surface area contributed by atoms with Crippen LogP contribution in [0.3, 0.4) is 0 Å².